The second-order valence-electron chi connectivity index (χ2n) is 8.58. The van der Waals surface area contributed by atoms with Crippen molar-refractivity contribution in [2.24, 2.45) is 5.41 Å². The molecule has 2 aliphatic rings. The van der Waals surface area contributed by atoms with Crippen molar-refractivity contribution >= 4 is 34.7 Å². The summed E-state index contributed by atoms with van der Waals surface area (Å²) >= 11 is 6.02. The number of nitro benzene ring substituents is 1. The first-order valence-corrected chi connectivity index (χ1v) is 10.1. The summed E-state index contributed by atoms with van der Waals surface area (Å²) in [6.45, 7) is 3.95. The van der Waals surface area contributed by atoms with E-state index in [1.54, 1.807) is 30.3 Å². The maximum absolute atomic E-state index is 13.3. The van der Waals surface area contributed by atoms with Gasteiger partial charge in [0.1, 0.15) is 5.69 Å². The fourth-order valence-corrected chi connectivity index (χ4v) is 4.61. The number of rotatable bonds is 3. The quantitative estimate of drug-likeness (QED) is 0.487. The number of carbonyl (C=O) groups is 2. The standard InChI is InChI=1S/C23H21ClN2O4/c1-23(2)12-19-22(20(27)13-23)16(14-7-9-15(24)10-8-14)11-21(28)25(19)17-5-3-4-6-18(17)26(29)30/h3-10,16H,11-13H2,1-2H3. The number of anilines is 1. The molecule has 6 nitrogen and oxygen atoms in total. The Morgan fingerprint density at radius 3 is 2.40 bits per heavy atom. The number of hydrogen-bond donors (Lipinski definition) is 0. The molecule has 0 radical (unpaired) electrons. The lowest BCUT2D eigenvalue weighted by atomic mass is 9.69. The highest BCUT2D eigenvalue weighted by Crippen LogP contribution is 2.49. The minimum absolute atomic E-state index is 0.0164. The first-order chi connectivity index (χ1) is 14.2. The van der Waals surface area contributed by atoms with Gasteiger partial charge < -0.3 is 0 Å². The molecule has 1 amide bonds. The summed E-state index contributed by atoms with van der Waals surface area (Å²) in [5.74, 6) is -0.654. The van der Waals surface area contributed by atoms with E-state index in [1.165, 1.54) is 11.0 Å². The van der Waals surface area contributed by atoms with Crippen molar-refractivity contribution in [3.63, 3.8) is 0 Å². The normalized spacial score (nSPS) is 20.9. The predicted molar refractivity (Wildman–Crippen MR) is 114 cm³/mol. The molecule has 1 aliphatic heterocycles. The van der Waals surface area contributed by atoms with Crippen LogP contribution in [0.15, 0.2) is 59.8 Å². The first-order valence-electron chi connectivity index (χ1n) is 9.76. The van der Waals surface area contributed by atoms with Crippen molar-refractivity contribution in [2.45, 2.75) is 39.0 Å². The van der Waals surface area contributed by atoms with Gasteiger partial charge in [0, 0.05) is 41.1 Å². The smallest absolute Gasteiger partial charge is 0.293 e. The fourth-order valence-electron chi connectivity index (χ4n) is 4.48. The number of hydrogen-bond acceptors (Lipinski definition) is 4. The topological polar surface area (TPSA) is 80.5 Å². The molecule has 1 atom stereocenters. The van der Waals surface area contributed by atoms with Gasteiger partial charge in [0.25, 0.3) is 5.69 Å². The summed E-state index contributed by atoms with van der Waals surface area (Å²) in [5.41, 5.74) is 1.70. The first kappa shape index (κ1) is 20.3. The lowest BCUT2D eigenvalue weighted by Gasteiger charge is -2.42. The number of carbonyl (C=O) groups excluding carboxylic acids is 2. The van der Waals surface area contributed by atoms with Crippen molar-refractivity contribution in [1.29, 1.82) is 0 Å². The van der Waals surface area contributed by atoms with E-state index in [2.05, 4.69) is 0 Å². The largest absolute Gasteiger partial charge is 0.294 e. The van der Waals surface area contributed by atoms with Crippen LogP contribution in [0.2, 0.25) is 5.02 Å². The predicted octanol–water partition coefficient (Wildman–Crippen LogP) is 5.41. The molecule has 1 unspecified atom stereocenters. The Balaban J connectivity index is 1.93. The van der Waals surface area contributed by atoms with Crippen molar-refractivity contribution in [3.8, 4) is 0 Å². The molecule has 2 aromatic carbocycles. The van der Waals surface area contributed by atoms with Crippen molar-refractivity contribution in [3.05, 3.63) is 80.5 Å². The molecule has 0 spiro atoms. The van der Waals surface area contributed by atoms with E-state index in [0.717, 1.165) is 5.56 Å². The maximum atomic E-state index is 13.3. The van der Waals surface area contributed by atoms with Gasteiger partial charge in [-0.05, 0) is 35.6 Å². The van der Waals surface area contributed by atoms with E-state index in [1.807, 2.05) is 26.0 Å². The number of Topliss-reactive ketones (excluding diaryl/α,β-unsaturated/α-hetero) is 1. The molecule has 154 valence electrons. The van der Waals surface area contributed by atoms with Crippen LogP contribution in [-0.2, 0) is 9.59 Å². The Morgan fingerprint density at radius 1 is 1.07 bits per heavy atom. The van der Waals surface area contributed by atoms with Crippen LogP contribution < -0.4 is 4.90 Å². The molecule has 0 aromatic heterocycles. The molecular formula is C23H21ClN2O4. The summed E-state index contributed by atoms with van der Waals surface area (Å²) < 4.78 is 0. The molecule has 1 aliphatic carbocycles. The lowest BCUT2D eigenvalue weighted by molar-refractivity contribution is -0.384. The molecule has 4 rings (SSSR count). The summed E-state index contributed by atoms with van der Waals surface area (Å²) in [6.07, 6.45) is 0.920. The number of amides is 1. The molecule has 0 saturated heterocycles. The number of halogens is 1. The molecule has 0 fully saturated rings. The van der Waals surface area contributed by atoms with E-state index in [9.17, 15) is 19.7 Å². The van der Waals surface area contributed by atoms with Crippen molar-refractivity contribution < 1.29 is 14.5 Å². The Bertz CT molecular complexity index is 1090. The summed E-state index contributed by atoms with van der Waals surface area (Å²) in [7, 11) is 0. The van der Waals surface area contributed by atoms with E-state index >= 15 is 0 Å². The monoisotopic (exact) mass is 424 g/mol. The minimum Gasteiger partial charge on any atom is -0.294 e. The van der Waals surface area contributed by atoms with E-state index < -0.39 is 4.92 Å². The molecule has 0 N–H and O–H groups in total. The van der Waals surface area contributed by atoms with Crippen LogP contribution >= 0.6 is 11.6 Å². The van der Waals surface area contributed by atoms with Crippen LogP contribution in [-0.4, -0.2) is 16.6 Å². The summed E-state index contributed by atoms with van der Waals surface area (Å²) in [6, 6.07) is 13.3. The zero-order chi connectivity index (χ0) is 21.6. The average Bonchev–Trinajstić information content (AvgIpc) is 2.67. The van der Waals surface area contributed by atoms with Crippen molar-refractivity contribution in [1.82, 2.24) is 0 Å². The van der Waals surface area contributed by atoms with E-state index in [-0.39, 0.29) is 40.8 Å². The number of allylic oxidation sites excluding steroid dienone is 2. The SMILES string of the molecule is CC1(C)CC(=O)C2=C(C1)N(c1ccccc1[N+](=O)[O-])C(=O)CC2c1ccc(Cl)cc1. The third-order valence-electron chi connectivity index (χ3n) is 5.73. The lowest BCUT2D eigenvalue weighted by Crippen LogP contribution is -2.44. The maximum Gasteiger partial charge on any atom is 0.293 e. The number of nitro groups is 1. The third-order valence-corrected chi connectivity index (χ3v) is 5.99. The highest BCUT2D eigenvalue weighted by molar-refractivity contribution is 6.30. The zero-order valence-electron chi connectivity index (χ0n) is 16.7. The highest BCUT2D eigenvalue weighted by atomic mass is 35.5. The van der Waals surface area contributed by atoms with Crippen LogP contribution in [0, 0.1) is 15.5 Å². The molecule has 30 heavy (non-hydrogen) atoms. The Labute approximate surface area is 179 Å². The van der Waals surface area contributed by atoms with Crippen LogP contribution in [0.4, 0.5) is 11.4 Å². The van der Waals surface area contributed by atoms with Gasteiger partial charge in [-0.25, -0.2) is 0 Å². The second kappa shape index (κ2) is 7.36. The summed E-state index contributed by atoms with van der Waals surface area (Å²) in [4.78, 5) is 39.1. The molecule has 0 saturated carbocycles. The Morgan fingerprint density at radius 2 is 1.73 bits per heavy atom. The van der Waals surface area contributed by atoms with E-state index in [0.29, 0.717) is 29.1 Å². The van der Waals surface area contributed by atoms with Gasteiger partial charge in [-0.15, -0.1) is 0 Å². The van der Waals surface area contributed by atoms with Gasteiger partial charge in [-0.2, -0.15) is 0 Å². The van der Waals surface area contributed by atoms with Crippen LogP contribution in [0.25, 0.3) is 0 Å². The minimum atomic E-state index is -0.496. The Hall–Kier alpha value is -2.99. The number of para-hydroxylation sites is 2. The fraction of sp³-hybridized carbons (Fsp3) is 0.304. The zero-order valence-corrected chi connectivity index (χ0v) is 17.5. The van der Waals surface area contributed by atoms with Crippen LogP contribution in [0.5, 0.6) is 0 Å². The van der Waals surface area contributed by atoms with Crippen LogP contribution in [0.3, 0.4) is 0 Å². The second-order valence-corrected chi connectivity index (χ2v) is 9.02. The van der Waals surface area contributed by atoms with Gasteiger partial charge in [0.15, 0.2) is 5.78 Å². The van der Waals surface area contributed by atoms with Gasteiger partial charge in [-0.1, -0.05) is 49.7 Å². The van der Waals surface area contributed by atoms with E-state index in [4.69, 9.17) is 11.6 Å². The molecule has 2 aromatic rings. The Kier molecular flexibility index (Phi) is 4.98. The highest BCUT2D eigenvalue weighted by Gasteiger charge is 2.45. The van der Waals surface area contributed by atoms with Gasteiger partial charge in [0.05, 0.1) is 4.92 Å². The van der Waals surface area contributed by atoms with Gasteiger partial charge in [0.2, 0.25) is 5.91 Å². The number of nitrogens with zero attached hydrogens (tertiary/aromatic N) is 2. The molecule has 7 heteroatoms. The molecular weight excluding hydrogens is 404 g/mol. The number of ketones is 1. The number of benzene rings is 2. The molecule has 1 heterocycles. The van der Waals surface area contributed by atoms with Gasteiger partial charge in [-0.3, -0.25) is 24.6 Å². The third kappa shape index (κ3) is 3.52. The van der Waals surface area contributed by atoms with Crippen molar-refractivity contribution in [2.75, 3.05) is 4.90 Å². The van der Waals surface area contributed by atoms with Gasteiger partial charge >= 0.3 is 0 Å². The van der Waals surface area contributed by atoms with Crippen LogP contribution in [0.1, 0.15) is 44.6 Å². The summed E-state index contributed by atoms with van der Waals surface area (Å²) in [5, 5.41) is 12.2. The average molecular weight is 425 g/mol. The molecule has 0 bridgehead atoms.